The van der Waals surface area contributed by atoms with Crippen molar-refractivity contribution >= 4 is 56.8 Å². The number of aryl methyl sites for hydroxylation is 1. The predicted molar refractivity (Wildman–Crippen MR) is 126 cm³/mol. The minimum absolute atomic E-state index is 0.181. The maximum atomic E-state index is 13.1. The number of amides is 1. The van der Waals surface area contributed by atoms with Gasteiger partial charge in [0.2, 0.25) is 11.7 Å². The van der Waals surface area contributed by atoms with E-state index in [4.69, 9.17) is 4.74 Å². The number of anilines is 1. The summed E-state index contributed by atoms with van der Waals surface area (Å²) in [6, 6.07) is 7.80. The van der Waals surface area contributed by atoms with E-state index < -0.39 is 5.25 Å². The average Bonchev–Trinajstić information content (AvgIpc) is 3.45. The molecule has 1 aliphatic rings. The number of esters is 1. The van der Waals surface area contributed by atoms with Gasteiger partial charge < -0.3 is 10.1 Å². The molecule has 1 amide bonds. The van der Waals surface area contributed by atoms with Crippen molar-refractivity contribution in [3.8, 4) is 0 Å². The van der Waals surface area contributed by atoms with Crippen LogP contribution in [-0.2, 0) is 22.4 Å². The van der Waals surface area contributed by atoms with E-state index >= 15 is 0 Å². The van der Waals surface area contributed by atoms with Crippen LogP contribution in [0.2, 0.25) is 0 Å². The van der Waals surface area contributed by atoms with Crippen molar-refractivity contribution in [2.24, 2.45) is 0 Å². The number of aromatic nitrogens is 4. The van der Waals surface area contributed by atoms with Crippen molar-refractivity contribution in [3.63, 3.8) is 0 Å². The number of nitrogens with zero attached hydrogens (tertiary/aromatic N) is 3. The number of carbonyl (C=O) groups excluding carboxylic acids is 2. The summed E-state index contributed by atoms with van der Waals surface area (Å²) in [7, 11) is 0. The maximum Gasteiger partial charge on any atom is 0.341 e. The molecular formula is C22H23N5O3S2. The second-order valence-electron chi connectivity index (χ2n) is 7.65. The highest BCUT2D eigenvalue weighted by Gasteiger charge is 2.28. The van der Waals surface area contributed by atoms with Gasteiger partial charge in [-0.1, -0.05) is 23.9 Å². The number of fused-ring (bicyclic) bond motifs is 4. The Balaban J connectivity index is 1.39. The summed E-state index contributed by atoms with van der Waals surface area (Å²) in [5.74, 6) is 0.0953. The molecular weight excluding hydrogens is 446 g/mol. The monoisotopic (exact) mass is 469 g/mol. The van der Waals surface area contributed by atoms with Gasteiger partial charge in [0.05, 0.1) is 28.5 Å². The summed E-state index contributed by atoms with van der Waals surface area (Å²) >= 11 is 2.84. The van der Waals surface area contributed by atoms with Gasteiger partial charge in [0.25, 0.3) is 0 Å². The fourth-order valence-corrected chi connectivity index (χ4v) is 6.17. The van der Waals surface area contributed by atoms with Gasteiger partial charge >= 0.3 is 5.97 Å². The van der Waals surface area contributed by atoms with Crippen LogP contribution in [0.4, 0.5) is 5.00 Å². The Morgan fingerprint density at radius 2 is 2.12 bits per heavy atom. The quantitative estimate of drug-likeness (QED) is 0.320. The molecule has 3 heterocycles. The minimum Gasteiger partial charge on any atom is -0.462 e. The lowest BCUT2D eigenvalue weighted by Crippen LogP contribution is -2.23. The molecule has 2 N–H and O–H groups in total. The number of rotatable bonds is 6. The molecule has 0 aliphatic heterocycles. The largest absolute Gasteiger partial charge is 0.462 e. The fraction of sp³-hybridized carbons (Fsp3) is 0.364. The summed E-state index contributed by atoms with van der Waals surface area (Å²) in [5.41, 5.74) is 3.36. The topological polar surface area (TPSA) is 101 Å². The lowest BCUT2D eigenvalue weighted by atomic mass is 9.95. The number of nitrogens with one attached hydrogen (secondary N) is 2. The molecule has 32 heavy (non-hydrogen) atoms. The lowest BCUT2D eigenvalue weighted by molar-refractivity contribution is -0.115. The normalized spacial score (nSPS) is 14.4. The minimum atomic E-state index is -0.433. The number of imidazole rings is 1. The van der Waals surface area contributed by atoms with E-state index in [1.165, 1.54) is 28.0 Å². The number of aromatic amines is 1. The highest BCUT2D eigenvalue weighted by molar-refractivity contribution is 8.00. The first kappa shape index (κ1) is 21.0. The molecule has 4 aromatic rings. The molecule has 1 atom stereocenters. The molecule has 0 radical (unpaired) electrons. The first-order chi connectivity index (χ1) is 15.6. The second-order valence-corrected chi connectivity index (χ2v) is 10.1. The van der Waals surface area contributed by atoms with Crippen LogP contribution in [0.15, 0.2) is 29.4 Å². The molecule has 1 aliphatic carbocycles. The van der Waals surface area contributed by atoms with Gasteiger partial charge in [-0.3, -0.25) is 9.20 Å². The summed E-state index contributed by atoms with van der Waals surface area (Å²) in [6.45, 7) is 3.92. The number of para-hydroxylation sites is 2. The molecule has 1 unspecified atom stereocenters. The molecule has 0 saturated carbocycles. The van der Waals surface area contributed by atoms with Crippen LogP contribution < -0.4 is 5.32 Å². The Hall–Kier alpha value is -2.85. The Morgan fingerprint density at radius 3 is 2.97 bits per heavy atom. The van der Waals surface area contributed by atoms with Crippen LogP contribution in [-0.4, -0.2) is 43.3 Å². The van der Waals surface area contributed by atoms with Crippen LogP contribution in [0.3, 0.4) is 0 Å². The zero-order valence-corrected chi connectivity index (χ0v) is 19.4. The number of benzene rings is 1. The van der Waals surface area contributed by atoms with Gasteiger partial charge in [-0.05, 0) is 57.2 Å². The van der Waals surface area contributed by atoms with Crippen molar-refractivity contribution in [2.75, 3.05) is 11.9 Å². The Morgan fingerprint density at radius 1 is 1.31 bits per heavy atom. The highest BCUT2D eigenvalue weighted by Crippen LogP contribution is 2.39. The molecule has 5 rings (SSSR count). The third-order valence-corrected chi connectivity index (χ3v) is 7.80. The maximum absolute atomic E-state index is 13.1. The molecule has 166 valence electrons. The highest BCUT2D eigenvalue weighted by atomic mass is 32.2. The average molecular weight is 470 g/mol. The number of H-pyrrole nitrogens is 1. The lowest BCUT2D eigenvalue weighted by Gasteiger charge is -2.13. The molecule has 3 aromatic heterocycles. The molecule has 8 nitrogen and oxygen atoms in total. The van der Waals surface area contributed by atoms with Crippen LogP contribution >= 0.6 is 23.1 Å². The second kappa shape index (κ2) is 8.59. The summed E-state index contributed by atoms with van der Waals surface area (Å²) in [6.07, 6.45) is 3.93. The molecule has 0 fully saturated rings. The van der Waals surface area contributed by atoms with E-state index in [0.717, 1.165) is 42.3 Å². The van der Waals surface area contributed by atoms with E-state index in [1.54, 1.807) is 6.92 Å². The Labute approximate surface area is 192 Å². The van der Waals surface area contributed by atoms with E-state index in [0.29, 0.717) is 28.1 Å². The summed E-state index contributed by atoms with van der Waals surface area (Å²) in [5, 5.41) is 11.1. The zero-order chi connectivity index (χ0) is 22.2. The third-order valence-electron chi connectivity index (χ3n) is 5.54. The van der Waals surface area contributed by atoms with Gasteiger partial charge in [0.1, 0.15) is 5.00 Å². The van der Waals surface area contributed by atoms with Gasteiger partial charge in [-0.2, -0.15) is 0 Å². The molecule has 0 bridgehead atoms. The van der Waals surface area contributed by atoms with Crippen molar-refractivity contribution in [3.05, 3.63) is 40.3 Å². The number of carbonyl (C=O) groups is 2. The first-order valence-electron chi connectivity index (χ1n) is 10.7. The standard InChI is InChI=1S/C22H23N5O3S2/c1-3-30-20(29)17-13-8-4-7-11-16(13)32-19(17)24-18(28)12(2)31-22-26-25-21-23-14-9-5-6-10-15(14)27(21)22/h5-6,9-10,12H,3-4,7-8,11H2,1-2H3,(H,23,25)(H,24,28). The first-order valence-corrected chi connectivity index (χ1v) is 12.4. The molecule has 1 aromatic carbocycles. The SMILES string of the molecule is CCOC(=O)c1c(NC(=O)C(C)Sc2n[nH]c3nc4ccccc4n23)sc2c1CCCC2. The van der Waals surface area contributed by atoms with E-state index in [1.807, 2.05) is 35.6 Å². The van der Waals surface area contributed by atoms with Crippen LogP contribution in [0.5, 0.6) is 0 Å². The van der Waals surface area contributed by atoms with Crippen molar-refractivity contribution in [1.29, 1.82) is 0 Å². The van der Waals surface area contributed by atoms with Gasteiger partial charge in [-0.25, -0.2) is 14.9 Å². The summed E-state index contributed by atoms with van der Waals surface area (Å²) in [4.78, 5) is 31.4. The van der Waals surface area contributed by atoms with Gasteiger partial charge in [-0.15, -0.1) is 16.4 Å². The van der Waals surface area contributed by atoms with E-state index in [9.17, 15) is 9.59 Å². The van der Waals surface area contributed by atoms with Crippen LogP contribution in [0.25, 0.3) is 16.8 Å². The zero-order valence-electron chi connectivity index (χ0n) is 17.8. The molecule has 10 heteroatoms. The third kappa shape index (κ3) is 3.67. The van der Waals surface area contributed by atoms with Crippen molar-refractivity contribution in [2.45, 2.75) is 49.9 Å². The smallest absolute Gasteiger partial charge is 0.341 e. The van der Waals surface area contributed by atoms with Crippen LogP contribution in [0.1, 0.15) is 47.5 Å². The number of ether oxygens (including phenoxy) is 1. The number of thiophene rings is 1. The van der Waals surface area contributed by atoms with Crippen molar-refractivity contribution in [1.82, 2.24) is 19.6 Å². The van der Waals surface area contributed by atoms with E-state index in [-0.39, 0.29) is 11.9 Å². The molecule has 0 spiro atoms. The predicted octanol–water partition coefficient (Wildman–Crippen LogP) is 4.45. The number of hydrogen-bond acceptors (Lipinski definition) is 7. The van der Waals surface area contributed by atoms with Crippen LogP contribution in [0, 0.1) is 0 Å². The fourth-order valence-electron chi connectivity index (χ4n) is 4.02. The van der Waals surface area contributed by atoms with Gasteiger partial charge in [0.15, 0.2) is 5.16 Å². The van der Waals surface area contributed by atoms with Crippen molar-refractivity contribution < 1.29 is 14.3 Å². The number of hydrogen-bond donors (Lipinski definition) is 2. The Kier molecular flexibility index (Phi) is 5.64. The number of thioether (sulfide) groups is 1. The van der Waals surface area contributed by atoms with E-state index in [2.05, 4.69) is 20.5 Å². The molecule has 0 saturated heterocycles. The Bertz CT molecular complexity index is 1320. The van der Waals surface area contributed by atoms with Gasteiger partial charge in [0, 0.05) is 4.88 Å². The summed E-state index contributed by atoms with van der Waals surface area (Å²) < 4.78 is 7.20.